The number of para-hydroxylation sites is 2. The number of fused-ring (bicyclic) bond motifs is 4. The number of hydrogen-bond acceptors (Lipinski definition) is 2. The van der Waals surface area contributed by atoms with Crippen molar-refractivity contribution in [2.24, 2.45) is 0 Å². The first kappa shape index (κ1) is 32.7. The minimum Gasteiger partial charge on any atom is -0.455 e. The number of nitrogens with zero attached hydrogens (tertiary/aromatic N) is 1. The third kappa shape index (κ3) is 6.21. The summed E-state index contributed by atoms with van der Waals surface area (Å²) in [4.78, 5) is 2.37. The quantitative estimate of drug-likeness (QED) is 0.140. The molecule has 2 nitrogen and oxygen atoms in total. The SMILES string of the molecule is C=C/C=C\C=C\c1ccc(-c2ccc(N(c3ccc(-c4ccccc4)cc3)c3ccccc3-c3c4ccccc4cc4c3oc3ccccc34)cc2)cc1. The summed E-state index contributed by atoms with van der Waals surface area (Å²) < 4.78 is 6.73. The van der Waals surface area contributed by atoms with Crippen LogP contribution in [0.4, 0.5) is 17.1 Å². The van der Waals surface area contributed by atoms with Crippen LogP contribution in [0, 0.1) is 0 Å². The van der Waals surface area contributed by atoms with Crippen LogP contribution in [0.25, 0.3) is 72.2 Å². The Hall–Kier alpha value is -7.16. The molecule has 0 aliphatic rings. The predicted molar refractivity (Wildman–Crippen MR) is 231 cm³/mol. The molecule has 8 aromatic carbocycles. The van der Waals surface area contributed by atoms with Crippen LogP contribution in [0.1, 0.15) is 5.56 Å². The van der Waals surface area contributed by atoms with Crippen LogP contribution < -0.4 is 4.90 Å². The van der Waals surface area contributed by atoms with Gasteiger partial charge in [-0.3, -0.25) is 0 Å². The Morgan fingerprint density at radius 2 is 1.04 bits per heavy atom. The monoisotopic (exact) mass is 691 g/mol. The highest BCUT2D eigenvalue weighted by Crippen LogP contribution is 2.47. The van der Waals surface area contributed by atoms with Gasteiger partial charge >= 0.3 is 0 Å². The Balaban J connectivity index is 1.20. The molecule has 0 saturated carbocycles. The molecule has 0 unspecified atom stereocenters. The first-order valence-corrected chi connectivity index (χ1v) is 18.3. The Kier molecular flexibility index (Phi) is 8.76. The van der Waals surface area contributed by atoms with E-state index in [1.54, 1.807) is 6.08 Å². The summed E-state index contributed by atoms with van der Waals surface area (Å²) in [6, 6.07) is 64.9. The Morgan fingerprint density at radius 1 is 0.463 bits per heavy atom. The van der Waals surface area contributed by atoms with E-state index in [9.17, 15) is 0 Å². The van der Waals surface area contributed by atoms with Crippen molar-refractivity contribution in [2.75, 3.05) is 4.90 Å². The van der Waals surface area contributed by atoms with Gasteiger partial charge < -0.3 is 9.32 Å². The molecule has 0 aliphatic carbocycles. The first-order valence-electron chi connectivity index (χ1n) is 18.3. The van der Waals surface area contributed by atoms with E-state index in [1.807, 2.05) is 24.3 Å². The lowest BCUT2D eigenvalue weighted by atomic mass is 9.93. The van der Waals surface area contributed by atoms with Gasteiger partial charge in [0.1, 0.15) is 11.2 Å². The summed E-state index contributed by atoms with van der Waals surface area (Å²) in [5.74, 6) is 0. The van der Waals surface area contributed by atoms with Crippen LogP contribution in [0.2, 0.25) is 0 Å². The number of rotatable bonds is 9. The molecular weight excluding hydrogens is 655 g/mol. The van der Waals surface area contributed by atoms with Crippen LogP contribution in [0.5, 0.6) is 0 Å². The molecule has 0 saturated heterocycles. The van der Waals surface area contributed by atoms with Gasteiger partial charge in [-0.25, -0.2) is 0 Å². The molecule has 0 fully saturated rings. The van der Waals surface area contributed by atoms with Crippen molar-refractivity contribution in [3.05, 3.63) is 218 Å². The van der Waals surface area contributed by atoms with Crippen molar-refractivity contribution in [1.82, 2.24) is 0 Å². The van der Waals surface area contributed by atoms with Gasteiger partial charge in [0.15, 0.2) is 0 Å². The molecule has 2 heteroatoms. The second kappa shape index (κ2) is 14.5. The smallest absolute Gasteiger partial charge is 0.143 e. The molecule has 54 heavy (non-hydrogen) atoms. The normalized spacial score (nSPS) is 11.6. The van der Waals surface area contributed by atoms with E-state index in [0.29, 0.717) is 0 Å². The van der Waals surface area contributed by atoms with Crippen LogP contribution >= 0.6 is 0 Å². The van der Waals surface area contributed by atoms with Crippen LogP contribution in [0.3, 0.4) is 0 Å². The van der Waals surface area contributed by atoms with Gasteiger partial charge in [-0.05, 0) is 81.1 Å². The minimum absolute atomic E-state index is 0.888. The van der Waals surface area contributed by atoms with E-state index >= 15 is 0 Å². The minimum atomic E-state index is 0.888. The van der Waals surface area contributed by atoms with Gasteiger partial charge in [-0.2, -0.15) is 0 Å². The average molecular weight is 692 g/mol. The van der Waals surface area contributed by atoms with E-state index in [0.717, 1.165) is 66.6 Å². The average Bonchev–Trinajstić information content (AvgIpc) is 3.61. The predicted octanol–water partition coefficient (Wildman–Crippen LogP) is 15.0. The standard InChI is InChI=1S/C52H37NO/c1-2-3-4-6-15-37-24-26-39(27-25-37)41-30-34-44(35-31-41)53(43-32-28-40(29-33-43)38-16-7-5-8-17-38)49-22-13-11-21-47(49)51-45-19-10-9-18-42(45)36-48-46-20-12-14-23-50(46)54-52(48)51/h2-36H,1H2/b4-3-,15-6+. The molecule has 1 heterocycles. The van der Waals surface area contributed by atoms with E-state index in [2.05, 4.69) is 193 Å². The Morgan fingerprint density at radius 3 is 1.74 bits per heavy atom. The summed E-state index contributed by atoms with van der Waals surface area (Å²) in [7, 11) is 0. The maximum atomic E-state index is 6.73. The van der Waals surface area contributed by atoms with Gasteiger partial charge in [-0.1, -0.05) is 176 Å². The number of furan rings is 1. The van der Waals surface area contributed by atoms with Crippen LogP contribution in [-0.2, 0) is 0 Å². The molecule has 9 rings (SSSR count). The summed E-state index contributed by atoms with van der Waals surface area (Å²) in [6.45, 7) is 3.74. The molecule has 0 spiro atoms. The lowest BCUT2D eigenvalue weighted by Gasteiger charge is -2.28. The van der Waals surface area contributed by atoms with Gasteiger partial charge in [0.2, 0.25) is 0 Å². The van der Waals surface area contributed by atoms with Crippen molar-refractivity contribution in [3.63, 3.8) is 0 Å². The number of allylic oxidation sites excluding steroid dienone is 4. The van der Waals surface area contributed by atoms with Crippen molar-refractivity contribution in [3.8, 4) is 33.4 Å². The molecule has 0 atom stereocenters. The Labute approximate surface area is 315 Å². The fraction of sp³-hybridized carbons (Fsp3) is 0. The third-order valence-corrected chi connectivity index (χ3v) is 10.1. The molecular formula is C52H37NO. The molecule has 1 aromatic heterocycles. The van der Waals surface area contributed by atoms with Crippen LogP contribution in [0.15, 0.2) is 217 Å². The van der Waals surface area contributed by atoms with Crippen LogP contribution in [-0.4, -0.2) is 0 Å². The maximum Gasteiger partial charge on any atom is 0.143 e. The van der Waals surface area contributed by atoms with Crippen molar-refractivity contribution in [2.45, 2.75) is 0 Å². The number of hydrogen-bond donors (Lipinski definition) is 0. The highest BCUT2D eigenvalue weighted by atomic mass is 16.3. The zero-order chi connectivity index (χ0) is 36.3. The summed E-state index contributed by atoms with van der Waals surface area (Å²) in [5.41, 5.74) is 13.0. The lowest BCUT2D eigenvalue weighted by molar-refractivity contribution is 0.670. The summed E-state index contributed by atoms with van der Waals surface area (Å²) >= 11 is 0. The molecule has 0 radical (unpaired) electrons. The highest BCUT2D eigenvalue weighted by molar-refractivity contribution is 6.19. The van der Waals surface area contributed by atoms with E-state index in [1.165, 1.54) is 22.1 Å². The van der Waals surface area contributed by atoms with Crippen molar-refractivity contribution < 1.29 is 4.42 Å². The first-order chi connectivity index (χ1) is 26.7. The number of benzene rings is 8. The molecule has 0 aliphatic heterocycles. The highest BCUT2D eigenvalue weighted by Gasteiger charge is 2.22. The van der Waals surface area contributed by atoms with Crippen molar-refractivity contribution >= 4 is 55.8 Å². The van der Waals surface area contributed by atoms with Gasteiger partial charge in [0, 0.05) is 33.3 Å². The second-order valence-electron chi connectivity index (χ2n) is 13.4. The van der Waals surface area contributed by atoms with Gasteiger partial charge in [0.25, 0.3) is 0 Å². The van der Waals surface area contributed by atoms with Gasteiger partial charge in [0.05, 0.1) is 5.69 Å². The molecule has 256 valence electrons. The fourth-order valence-corrected chi connectivity index (χ4v) is 7.43. The molecule has 0 amide bonds. The summed E-state index contributed by atoms with van der Waals surface area (Å²) in [6.07, 6.45) is 9.81. The lowest BCUT2D eigenvalue weighted by Crippen LogP contribution is -2.11. The van der Waals surface area contributed by atoms with E-state index in [-0.39, 0.29) is 0 Å². The topological polar surface area (TPSA) is 16.4 Å². The Bertz CT molecular complexity index is 2800. The maximum absolute atomic E-state index is 6.73. The largest absolute Gasteiger partial charge is 0.455 e. The molecule has 0 bridgehead atoms. The van der Waals surface area contributed by atoms with E-state index < -0.39 is 0 Å². The van der Waals surface area contributed by atoms with Crippen molar-refractivity contribution in [1.29, 1.82) is 0 Å². The van der Waals surface area contributed by atoms with Gasteiger partial charge in [-0.15, -0.1) is 0 Å². The molecule has 0 N–H and O–H groups in total. The zero-order valence-corrected chi connectivity index (χ0v) is 29.8. The summed E-state index contributed by atoms with van der Waals surface area (Å²) in [5, 5.41) is 4.57. The second-order valence-corrected chi connectivity index (χ2v) is 13.4. The number of anilines is 3. The molecule has 9 aromatic rings. The third-order valence-electron chi connectivity index (χ3n) is 10.1. The van der Waals surface area contributed by atoms with E-state index in [4.69, 9.17) is 4.42 Å². The zero-order valence-electron chi connectivity index (χ0n) is 29.8. The fourth-order valence-electron chi connectivity index (χ4n) is 7.43.